The molecule has 3 heterocycles. The van der Waals surface area contributed by atoms with Crippen LogP contribution in [0.25, 0.3) is 11.0 Å². The van der Waals surface area contributed by atoms with Crippen LogP contribution in [0.4, 0.5) is 0 Å². The molecule has 4 rings (SSSR count). The maximum absolute atomic E-state index is 11.4. The molecule has 0 spiro atoms. The zero-order valence-corrected chi connectivity index (χ0v) is 13.2. The number of hydrogen-bond acceptors (Lipinski definition) is 6. The maximum atomic E-state index is 11.4. The summed E-state index contributed by atoms with van der Waals surface area (Å²) < 4.78 is 6.45. The second-order valence-corrected chi connectivity index (χ2v) is 5.55. The molecule has 3 aromatic rings. The first-order valence-electron chi connectivity index (χ1n) is 7.72. The Balaban J connectivity index is 0.000000170. The Morgan fingerprint density at radius 2 is 2.08 bits per heavy atom. The van der Waals surface area contributed by atoms with Gasteiger partial charge in [0.1, 0.15) is 12.3 Å². The van der Waals surface area contributed by atoms with Crippen molar-refractivity contribution in [3.05, 3.63) is 63.7 Å². The van der Waals surface area contributed by atoms with Crippen molar-refractivity contribution >= 4 is 11.0 Å². The van der Waals surface area contributed by atoms with Crippen molar-refractivity contribution in [1.29, 1.82) is 0 Å². The highest BCUT2D eigenvalue weighted by molar-refractivity contribution is 5.73. The van der Waals surface area contributed by atoms with Crippen LogP contribution in [0.15, 0.2) is 52.4 Å². The highest BCUT2D eigenvalue weighted by atomic mass is 16.5. The predicted molar refractivity (Wildman–Crippen MR) is 89.0 cm³/mol. The van der Waals surface area contributed by atoms with Gasteiger partial charge in [-0.1, -0.05) is 12.1 Å². The van der Waals surface area contributed by atoms with Gasteiger partial charge >= 0.3 is 5.69 Å². The van der Waals surface area contributed by atoms with Gasteiger partial charge in [-0.25, -0.2) is 9.78 Å². The van der Waals surface area contributed by atoms with Gasteiger partial charge in [-0.3, -0.25) is 14.3 Å². The molecule has 1 aliphatic rings. The number of aromatic nitrogens is 4. The Morgan fingerprint density at radius 3 is 2.76 bits per heavy atom. The summed E-state index contributed by atoms with van der Waals surface area (Å²) in [6.07, 6.45) is 1.05. The SMILES string of the molecule is O=c1ccn([C@H]2C[C@H](O)[C@@H](CO)O2)c(=O)[nH]1.c1ccc2[nH]cnc2c1. The molecular weight excluding hydrogens is 328 g/mol. The van der Waals surface area contributed by atoms with Crippen LogP contribution in [0, 0.1) is 0 Å². The predicted octanol–water partition coefficient (Wildman–Crippen LogP) is -0.260. The fourth-order valence-corrected chi connectivity index (χ4v) is 2.58. The lowest BCUT2D eigenvalue weighted by Crippen LogP contribution is -2.31. The first-order chi connectivity index (χ1) is 12.1. The minimum absolute atomic E-state index is 0.206. The van der Waals surface area contributed by atoms with Crippen molar-refractivity contribution in [1.82, 2.24) is 19.5 Å². The van der Waals surface area contributed by atoms with E-state index in [1.807, 2.05) is 24.3 Å². The van der Waals surface area contributed by atoms with Crippen LogP contribution < -0.4 is 11.2 Å². The van der Waals surface area contributed by atoms with Gasteiger partial charge in [-0.2, -0.15) is 0 Å². The van der Waals surface area contributed by atoms with Crippen LogP contribution in [0.2, 0.25) is 0 Å². The van der Waals surface area contributed by atoms with Gasteiger partial charge < -0.3 is 19.9 Å². The van der Waals surface area contributed by atoms with Gasteiger partial charge in [-0.15, -0.1) is 0 Å². The normalized spacial score (nSPS) is 22.6. The molecule has 0 amide bonds. The van der Waals surface area contributed by atoms with Crippen molar-refractivity contribution in [2.75, 3.05) is 6.61 Å². The highest BCUT2D eigenvalue weighted by Crippen LogP contribution is 2.26. The third-order valence-electron chi connectivity index (χ3n) is 3.87. The molecule has 1 aromatic carbocycles. The van der Waals surface area contributed by atoms with Crippen molar-refractivity contribution in [2.45, 2.75) is 24.9 Å². The number of para-hydroxylation sites is 2. The molecule has 9 heteroatoms. The van der Waals surface area contributed by atoms with E-state index in [9.17, 15) is 14.7 Å². The summed E-state index contributed by atoms with van der Waals surface area (Å²) in [5.41, 5.74) is 1.04. The van der Waals surface area contributed by atoms with E-state index in [0.717, 1.165) is 11.0 Å². The van der Waals surface area contributed by atoms with Gasteiger partial charge in [0.05, 0.1) is 30.1 Å². The lowest BCUT2D eigenvalue weighted by molar-refractivity contribution is -0.0459. The van der Waals surface area contributed by atoms with Crippen LogP contribution >= 0.6 is 0 Å². The quantitative estimate of drug-likeness (QED) is 0.505. The zero-order chi connectivity index (χ0) is 17.8. The van der Waals surface area contributed by atoms with Crippen molar-refractivity contribution in [3.8, 4) is 0 Å². The molecule has 0 radical (unpaired) electrons. The molecule has 2 aromatic heterocycles. The Labute approximate surface area is 141 Å². The summed E-state index contributed by atoms with van der Waals surface area (Å²) in [7, 11) is 0. The van der Waals surface area contributed by atoms with Crippen LogP contribution in [0.5, 0.6) is 0 Å². The van der Waals surface area contributed by atoms with Gasteiger partial charge in [0, 0.05) is 18.7 Å². The largest absolute Gasteiger partial charge is 0.394 e. The number of aliphatic hydroxyl groups is 2. The Hall–Kier alpha value is -2.75. The lowest BCUT2D eigenvalue weighted by atomic mass is 10.2. The lowest BCUT2D eigenvalue weighted by Gasteiger charge is -2.13. The van der Waals surface area contributed by atoms with E-state index in [2.05, 4.69) is 15.0 Å². The number of benzene rings is 1. The third kappa shape index (κ3) is 3.85. The molecule has 132 valence electrons. The number of nitrogens with zero attached hydrogens (tertiary/aromatic N) is 2. The van der Waals surface area contributed by atoms with E-state index in [1.165, 1.54) is 16.8 Å². The van der Waals surface area contributed by atoms with Crippen LogP contribution in [-0.2, 0) is 4.74 Å². The molecule has 0 unspecified atom stereocenters. The first-order valence-corrected chi connectivity index (χ1v) is 7.72. The number of ether oxygens (including phenoxy) is 1. The second-order valence-electron chi connectivity index (χ2n) is 5.55. The number of rotatable bonds is 2. The van der Waals surface area contributed by atoms with Crippen LogP contribution in [0.1, 0.15) is 12.6 Å². The first kappa shape index (κ1) is 17.1. The zero-order valence-electron chi connectivity index (χ0n) is 13.2. The fraction of sp³-hybridized carbons (Fsp3) is 0.312. The average molecular weight is 346 g/mol. The summed E-state index contributed by atoms with van der Waals surface area (Å²) in [6, 6.07) is 9.14. The average Bonchev–Trinajstić information content (AvgIpc) is 3.21. The number of nitrogens with one attached hydrogen (secondary N) is 2. The van der Waals surface area contributed by atoms with Crippen LogP contribution in [0.3, 0.4) is 0 Å². The maximum Gasteiger partial charge on any atom is 0.330 e. The summed E-state index contributed by atoms with van der Waals surface area (Å²) in [4.78, 5) is 31.4. The van der Waals surface area contributed by atoms with E-state index < -0.39 is 29.7 Å². The number of aliphatic hydroxyl groups excluding tert-OH is 2. The standard InChI is InChI=1S/C9H12N2O5.C7H6N2/c12-4-6-5(13)3-8(16-6)11-2-1-7(14)10-9(11)15;1-2-4-7-6(3-1)8-5-9-7/h1-2,5-6,8,12-13H,3-4H2,(H,10,14,15);1-5H,(H,8,9)/t5-,6+,8+;/m0./s1. The van der Waals surface area contributed by atoms with Crippen molar-refractivity contribution < 1.29 is 14.9 Å². The van der Waals surface area contributed by atoms with Crippen molar-refractivity contribution in [3.63, 3.8) is 0 Å². The summed E-state index contributed by atoms with van der Waals surface area (Å²) in [5, 5.41) is 18.4. The Morgan fingerprint density at radius 1 is 1.28 bits per heavy atom. The minimum Gasteiger partial charge on any atom is -0.394 e. The molecular formula is C16H18N4O5. The van der Waals surface area contributed by atoms with Crippen molar-refractivity contribution in [2.24, 2.45) is 0 Å². The molecule has 0 saturated carbocycles. The van der Waals surface area contributed by atoms with E-state index in [4.69, 9.17) is 9.84 Å². The summed E-state index contributed by atoms with van der Waals surface area (Å²) in [5.74, 6) is 0. The smallest absolute Gasteiger partial charge is 0.330 e. The third-order valence-corrected chi connectivity index (χ3v) is 3.87. The number of imidazole rings is 1. The molecule has 0 bridgehead atoms. The summed E-state index contributed by atoms with van der Waals surface area (Å²) in [6.45, 7) is -0.310. The molecule has 4 N–H and O–H groups in total. The molecule has 1 aliphatic heterocycles. The van der Waals surface area contributed by atoms with Crippen LogP contribution in [-0.4, -0.2) is 48.5 Å². The molecule has 0 aliphatic carbocycles. The van der Waals surface area contributed by atoms with E-state index in [-0.39, 0.29) is 13.0 Å². The molecule has 25 heavy (non-hydrogen) atoms. The monoisotopic (exact) mass is 346 g/mol. The Kier molecular flexibility index (Phi) is 5.08. The summed E-state index contributed by atoms with van der Waals surface area (Å²) >= 11 is 0. The molecule has 1 fully saturated rings. The minimum atomic E-state index is -0.811. The van der Waals surface area contributed by atoms with Gasteiger partial charge in [0.2, 0.25) is 0 Å². The van der Waals surface area contributed by atoms with E-state index in [0.29, 0.717) is 0 Å². The fourth-order valence-electron chi connectivity index (χ4n) is 2.58. The number of aromatic amines is 2. The van der Waals surface area contributed by atoms with E-state index >= 15 is 0 Å². The van der Waals surface area contributed by atoms with Gasteiger partial charge in [-0.05, 0) is 12.1 Å². The molecule has 3 atom stereocenters. The highest BCUT2D eigenvalue weighted by Gasteiger charge is 2.34. The van der Waals surface area contributed by atoms with E-state index in [1.54, 1.807) is 6.33 Å². The molecule has 9 nitrogen and oxygen atoms in total. The van der Waals surface area contributed by atoms with Gasteiger partial charge in [0.15, 0.2) is 0 Å². The number of H-pyrrole nitrogens is 2. The topological polar surface area (TPSA) is 133 Å². The number of hydrogen-bond donors (Lipinski definition) is 4. The molecule has 1 saturated heterocycles. The Bertz CT molecular complexity index is 917. The van der Waals surface area contributed by atoms with Gasteiger partial charge in [0.25, 0.3) is 5.56 Å². The number of fused-ring (bicyclic) bond motifs is 1. The second kappa shape index (κ2) is 7.43.